The number of nitrogens with zero attached hydrogens (tertiary/aromatic N) is 3. The average molecular weight is 320 g/mol. The van der Waals surface area contributed by atoms with E-state index >= 15 is 0 Å². The molecule has 9 nitrogen and oxygen atoms in total. The molecule has 1 N–H and O–H groups in total. The number of aromatic nitrogens is 2. The van der Waals surface area contributed by atoms with Gasteiger partial charge in [-0.15, -0.1) is 0 Å². The number of aryl methyl sites for hydroxylation is 1. The van der Waals surface area contributed by atoms with Crippen LogP contribution in [-0.4, -0.2) is 34.7 Å². The minimum atomic E-state index is -0.559. The number of ether oxygens (including phenoxy) is 2. The van der Waals surface area contributed by atoms with Crippen LogP contribution >= 0.6 is 0 Å². The normalized spacial score (nSPS) is 10.2. The smallest absolute Gasteiger partial charge is 0.406 e. The molecule has 0 saturated heterocycles. The number of imidazole rings is 1. The summed E-state index contributed by atoms with van der Waals surface area (Å²) in [6.07, 6.45) is 1.36. The van der Waals surface area contributed by atoms with Gasteiger partial charge in [-0.05, 0) is 27.6 Å². The number of carbonyl (C=O) groups excluding carboxylic acids is 1. The first kappa shape index (κ1) is 16.3. The lowest BCUT2D eigenvalue weighted by atomic mass is 10.1. The number of rotatable bonds is 6. The van der Waals surface area contributed by atoms with Crippen LogP contribution in [0.2, 0.25) is 0 Å². The second kappa shape index (κ2) is 6.77. The van der Waals surface area contributed by atoms with Gasteiger partial charge in [-0.25, -0.2) is 4.79 Å². The van der Waals surface area contributed by atoms with Gasteiger partial charge in [0.05, 0.1) is 14.2 Å². The molecule has 0 fully saturated rings. The third-order valence-corrected chi connectivity index (χ3v) is 3.22. The molecule has 0 unspecified atom stereocenters. The van der Waals surface area contributed by atoms with Crippen molar-refractivity contribution >= 4 is 17.6 Å². The lowest BCUT2D eigenvalue weighted by molar-refractivity contribution is -0.388. The topological polar surface area (TPSA) is 109 Å². The minimum absolute atomic E-state index is 0.255. The maximum atomic E-state index is 11.7. The summed E-state index contributed by atoms with van der Waals surface area (Å²) in [4.78, 5) is 25.8. The zero-order chi connectivity index (χ0) is 17.0. The molecule has 2 aromatic rings. The van der Waals surface area contributed by atoms with Crippen LogP contribution in [0.15, 0.2) is 24.5 Å². The van der Waals surface area contributed by atoms with Crippen molar-refractivity contribution in [2.24, 2.45) is 7.05 Å². The molecule has 0 spiro atoms. The van der Waals surface area contributed by atoms with E-state index < -0.39 is 10.9 Å². The van der Waals surface area contributed by atoms with Crippen molar-refractivity contribution in [3.63, 3.8) is 0 Å². The van der Waals surface area contributed by atoms with Crippen LogP contribution in [0.25, 0.3) is 0 Å². The molecular weight excluding hydrogens is 304 g/mol. The molecule has 0 aliphatic heterocycles. The summed E-state index contributed by atoms with van der Waals surface area (Å²) in [6, 6.07) is 5.00. The number of benzene rings is 1. The fraction of sp³-hybridized carbons (Fsp3) is 0.286. The van der Waals surface area contributed by atoms with E-state index in [0.29, 0.717) is 5.75 Å². The van der Waals surface area contributed by atoms with Gasteiger partial charge in [0.1, 0.15) is 11.3 Å². The number of nitrogens with one attached hydrogen (secondary N) is 1. The summed E-state index contributed by atoms with van der Waals surface area (Å²) in [5.41, 5.74) is 1.02. The Morgan fingerprint density at radius 3 is 2.78 bits per heavy atom. The van der Waals surface area contributed by atoms with Gasteiger partial charge in [0, 0.05) is 13.6 Å². The van der Waals surface area contributed by atoms with Crippen molar-refractivity contribution in [3.8, 4) is 5.75 Å². The summed E-state index contributed by atoms with van der Waals surface area (Å²) in [5, 5.41) is 13.9. The fourth-order valence-corrected chi connectivity index (χ4v) is 2.08. The number of esters is 1. The molecule has 1 aromatic carbocycles. The van der Waals surface area contributed by atoms with Crippen LogP contribution in [0, 0.1) is 10.1 Å². The highest BCUT2D eigenvalue weighted by Gasteiger charge is 2.20. The van der Waals surface area contributed by atoms with Crippen LogP contribution in [0.4, 0.5) is 11.6 Å². The quantitative estimate of drug-likeness (QED) is 0.490. The van der Waals surface area contributed by atoms with E-state index in [1.54, 1.807) is 25.2 Å². The van der Waals surface area contributed by atoms with E-state index in [1.165, 1.54) is 25.1 Å². The highest BCUT2D eigenvalue weighted by Crippen LogP contribution is 2.24. The molecular formula is C14H16N4O5. The standard InChI is InChI=1S/C14H16N4O5/c1-17-8-16-13(18(20)21)12(17)15-7-9-4-5-11(22-2)10(6-9)14(19)23-3/h4-6,8,15H,7H2,1-3H3. The first-order valence-electron chi connectivity index (χ1n) is 6.62. The Bertz CT molecular complexity index is 741. The summed E-state index contributed by atoms with van der Waals surface area (Å²) in [6.45, 7) is 0.272. The van der Waals surface area contributed by atoms with E-state index in [1.807, 2.05) is 0 Å². The number of carbonyl (C=O) groups is 1. The SMILES string of the molecule is COC(=O)c1cc(CNc2c([N+](=O)[O-])ncn2C)ccc1OC. The van der Waals surface area contributed by atoms with Crippen LogP contribution < -0.4 is 10.1 Å². The molecule has 122 valence electrons. The van der Waals surface area contributed by atoms with E-state index in [0.717, 1.165) is 5.56 Å². The largest absolute Gasteiger partial charge is 0.496 e. The van der Waals surface area contributed by atoms with Gasteiger partial charge < -0.3 is 24.9 Å². The van der Waals surface area contributed by atoms with Crippen molar-refractivity contribution in [2.45, 2.75) is 6.54 Å². The van der Waals surface area contributed by atoms with Crippen LogP contribution in [-0.2, 0) is 18.3 Å². The molecule has 2 rings (SSSR count). The molecule has 1 heterocycles. The lowest BCUT2D eigenvalue weighted by Crippen LogP contribution is -2.08. The molecule has 1 aromatic heterocycles. The maximum Gasteiger partial charge on any atom is 0.406 e. The minimum Gasteiger partial charge on any atom is -0.496 e. The van der Waals surface area contributed by atoms with Crippen molar-refractivity contribution in [3.05, 3.63) is 45.8 Å². The van der Waals surface area contributed by atoms with Crippen LogP contribution in [0.3, 0.4) is 0 Å². The Morgan fingerprint density at radius 1 is 1.43 bits per heavy atom. The van der Waals surface area contributed by atoms with Gasteiger partial charge in [-0.2, -0.15) is 0 Å². The van der Waals surface area contributed by atoms with Gasteiger partial charge in [-0.3, -0.25) is 4.57 Å². The van der Waals surface area contributed by atoms with E-state index in [9.17, 15) is 14.9 Å². The molecule has 0 aliphatic carbocycles. The zero-order valence-electron chi connectivity index (χ0n) is 12.9. The third-order valence-electron chi connectivity index (χ3n) is 3.22. The Morgan fingerprint density at radius 2 is 2.17 bits per heavy atom. The molecule has 0 bridgehead atoms. The molecule has 9 heteroatoms. The summed E-state index contributed by atoms with van der Waals surface area (Å²) < 4.78 is 11.3. The second-order valence-corrected chi connectivity index (χ2v) is 4.66. The number of methoxy groups -OCH3 is 2. The van der Waals surface area contributed by atoms with Crippen molar-refractivity contribution in [1.82, 2.24) is 9.55 Å². The monoisotopic (exact) mass is 320 g/mol. The number of anilines is 1. The predicted molar refractivity (Wildman–Crippen MR) is 81.5 cm³/mol. The molecule has 23 heavy (non-hydrogen) atoms. The highest BCUT2D eigenvalue weighted by atomic mass is 16.6. The van der Waals surface area contributed by atoms with Crippen molar-refractivity contribution in [1.29, 1.82) is 0 Å². The zero-order valence-corrected chi connectivity index (χ0v) is 12.9. The summed E-state index contributed by atoms with van der Waals surface area (Å²) in [7, 11) is 4.39. The third kappa shape index (κ3) is 3.39. The van der Waals surface area contributed by atoms with E-state index in [2.05, 4.69) is 10.3 Å². The molecule has 0 saturated carbocycles. The summed E-state index contributed by atoms with van der Waals surface area (Å²) >= 11 is 0. The summed E-state index contributed by atoms with van der Waals surface area (Å²) in [5.74, 6) is -0.0954. The Kier molecular flexibility index (Phi) is 4.79. The first-order chi connectivity index (χ1) is 11.0. The maximum absolute atomic E-state index is 11.7. The Balaban J connectivity index is 2.23. The Hall–Kier alpha value is -3.10. The van der Waals surface area contributed by atoms with Crippen LogP contribution in [0.1, 0.15) is 15.9 Å². The van der Waals surface area contributed by atoms with Gasteiger partial charge in [0.2, 0.25) is 12.1 Å². The van der Waals surface area contributed by atoms with Gasteiger partial charge in [-0.1, -0.05) is 6.07 Å². The number of hydrogen-bond acceptors (Lipinski definition) is 7. The van der Waals surface area contributed by atoms with Gasteiger partial charge in [0.25, 0.3) is 0 Å². The molecule has 0 aliphatic rings. The lowest BCUT2D eigenvalue weighted by Gasteiger charge is -2.10. The first-order valence-corrected chi connectivity index (χ1v) is 6.62. The Labute approximate surface area is 132 Å². The average Bonchev–Trinajstić information content (AvgIpc) is 2.92. The molecule has 0 radical (unpaired) electrons. The van der Waals surface area contributed by atoms with Gasteiger partial charge in [0.15, 0.2) is 0 Å². The van der Waals surface area contributed by atoms with Gasteiger partial charge >= 0.3 is 11.8 Å². The fourth-order valence-electron chi connectivity index (χ4n) is 2.08. The second-order valence-electron chi connectivity index (χ2n) is 4.66. The molecule has 0 amide bonds. The van der Waals surface area contributed by atoms with E-state index in [4.69, 9.17) is 9.47 Å². The van der Waals surface area contributed by atoms with Crippen LogP contribution in [0.5, 0.6) is 5.75 Å². The number of hydrogen-bond donors (Lipinski definition) is 1. The predicted octanol–water partition coefficient (Wildman–Crippen LogP) is 1.74. The van der Waals surface area contributed by atoms with Crippen molar-refractivity contribution < 1.29 is 19.2 Å². The van der Waals surface area contributed by atoms with Crippen molar-refractivity contribution in [2.75, 3.05) is 19.5 Å². The number of nitro groups is 1. The molecule has 0 atom stereocenters. The van der Waals surface area contributed by atoms with E-state index in [-0.39, 0.29) is 23.7 Å². The highest BCUT2D eigenvalue weighted by molar-refractivity contribution is 5.92.